The maximum atomic E-state index is 12.7. The quantitative estimate of drug-likeness (QED) is 0.266. The lowest BCUT2D eigenvalue weighted by atomic mass is 9.98. The van der Waals surface area contributed by atoms with Crippen LogP contribution >= 0.6 is 7.60 Å². The van der Waals surface area contributed by atoms with Crippen LogP contribution in [-0.2, 0) is 27.9 Å². The summed E-state index contributed by atoms with van der Waals surface area (Å²) in [4.78, 5) is 25.4. The predicted molar refractivity (Wildman–Crippen MR) is 129 cm³/mol. The molecule has 0 radical (unpaired) electrons. The van der Waals surface area contributed by atoms with Crippen LogP contribution in [0.1, 0.15) is 43.7 Å². The average molecular weight is 490 g/mol. The molecule has 9 heteroatoms. The summed E-state index contributed by atoms with van der Waals surface area (Å²) in [5.74, 6) is -0.809. The first-order chi connectivity index (χ1) is 16.3. The van der Waals surface area contributed by atoms with Gasteiger partial charge in [-0.1, -0.05) is 61.9 Å². The van der Waals surface area contributed by atoms with Crippen molar-refractivity contribution >= 4 is 19.7 Å². The fourth-order valence-corrected chi connectivity index (χ4v) is 4.76. The summed E-state index contributed by atoms with van der Waals surface area (Å²) in [6.07, 6.45) is -0.232. The largest absolute Gasteiger partial charge is 0.464 e. The van der Waals surface area contributed by atoms with Crippen molar-refractivity contribution in [1.29, 1.82) is 0 Å². The van der Waals surface area contributed by atoms with Crippen LogP contribution in [0.2, 0.25) is 0 Å². The Bertz CT molecular complexity index is 1010. The normalized spacial score (nSPS) is 16.0. The number of benzene rings is 2. The van der Waals surface area contributed by atoms with E-state index in [1.54, 1.807) is 0 Å². The molecule has 2 aromatic rings. The summed E-state index contributed by atoms with van der Waals surface area (Å²) in [6.45, 7) is 5.08. The van der Waals surface area contributed by atoms with Gasteiger partial charge in [-0.15, -0.1) is 0 Å². The van der Waals surface area contributed by atoms with Crippen LogP contribution < -0.4 is 5.32 Å². The van der Waals surface area contributed by atoms with Gasteiger partial charge >= 0.3 is 19.7 Å². The molecule has 0 saturated heterocycles. The molecule has 3 unspecified atom stereocenters. The number of unbranched alkanes of at least 4 members (excludes halogenated alkanes) is 1. The van der Waals surface area contributed by atoms with Gasteiger partial charge in [0.15, 0.2) is 6.04 Å². The Labute approximate surface area is 200 Å². The van der Waals surface area contributed by atoms with Gasteiger partial charge in [0.05, 0.1) is 12.7 Å². The number of fused-ring (bicyclic) bond motifs is 3. The molecule has 1 aliphatic carbocycles. The third-order valence-electron chi connectivity index (χ3n) is 5.77. The molecule has 0 aliphatic heterocycles. The van der Waals surface area contributed by atoms with Gasteiger partial charge in [0.2, 0.25) is 0 Å². The van der Waals surface area contributed by atoms with Gasteiger partial charge in [-0.2, -0.15) is 0 Å². The maximum absolute atomic E-state index is 12.7. The highest BCUT2D eigenvalue weighted by Gasteiger charge is 2.34. The number of esters is 1. The molecule has 184 valence electrons. The summed E-state index contributed by atoms with van der Waals surface area (Å²) in [5, 5.41) is 2.52. The highest BCUT2D eigenvalue weighted by molar-refractivity contribution is 7.52. The number of hydrogen-bond acceptors (Lipinski definition) is 7. The van der Waals surface area contributed by atoms with Crippen LogP contribution in [0, 0.1) is 0 Å². The number of carbonyl (C=O) groups is 2. The smallest absolute Gasteiger partial charge is 0.407 e. The van der Waals surface area contributed by atoms with E-state index in [-0.39, 0.29) is 19.1 Å². The van der Waals surface area contributed by atoms with Crippen LogP contribution in [0.15, 0.2) is 48.5 Å². The summed E-state index contributed by atoms with van der Waals surface area (Å²) < 4.78 is 33.3. The van der Waals surface area contributed by atoms with Gasteiger partial charge in [-0.3, -0.25) is 4.57 Å². The van der Waals surface area contributed by atoms with Gasteiger partial charge < -0.3 is 23.8 Å². The summed E-state index contributed by atoms with van der Waals surface area (Å²) in [7, 11) is -2.15. The van der Waals surface area contributed by atoms with Crippen molar-refractivity contribution in [2.45, 2.75) is 44.8 Å². The number of nitrogens with one attached hydrogen (secondary N) is 1. The fraction of sp³-hybridized carbons (Fsp3) is 0.440. The summed E-state index contributed by atoms with van der Waals surface area (Å²) in [5.41, 5.74) is 4.39. The predicted octanol–water partition coefficient (Wildman–Crippen LogP) is 5.11. The second kappa shape index (κ2) is 11.6. The van der Waals surface area contributed by atoms with Gasteiger partial charge in [0.25, 0.3) is 0 Å². The van der Waals surface area contributed by atoms with Gasteiger partial charge in [-0.05, 0) is 35.6 Å². The number of carbonyl (C=O) groups excluding carboxylic acids is 2. The lowest BCUT2D eigenvalue weighted by Gasteiger charge is -2.25. The number of hydrogen-bond donors (Lipinski definition) is 1. The molecule has 34 heavy (non-hydrogen) atoms. The Morgan fingerprint density at radius 2 is 1.62 bits per heavy atom. The Balaban J connectivity index is 1.69. The van der Waals surface area contributed by atoms with Crippen molar-refractivity contribution in [3.05, 3.63) is 59.7 Å². The molecule has 1 N–H and O–H groups in total. The van der Waals surface area contributed by atoms with E-state index in [1.165, 1.54) is 20.7 Å². The topological polar surface area (TPSA) is 100 Å². The Morgan fingerprint density at radius 3 is 2.18 bits per heavy atom. The second-order valence-corrected chi connectivity index (χ2v) is 10.4. The number of rotatable bonds is 11. The molecule has 1 amide bonds. The van der Waals surface area contributed by atoms with E-state index in [4.69, 9.17) is 18.5 Å². The van der Waals surface area contributed by atoms with Crippen molar-refractivity contribution in [3.63, 3.8) is 0 Å². The molecule has 1 aliphatic rings. The van der Waals surface area contributed by atoms with E-state index in [1.807, 2.05) is 43.3 Å². The van der Waals surface area contributed by atoms with Crippen molar-refractivity contribution in [2.75, 3.05) is 27.0 Å². The maximum Gasteiger partial charge on any atom is 0.407 e. The number of ether oxygens (including phenoxy) is 2. The van der Waals surface area contributed by atoms with E-state index >= 15 is 0 Å². The molecule has 0 aromatic heterocycles. The van der Waals surface area contributed by atoms with Crippen molar-refractivity contribution in [2.24, 2.45) is 0 Å². The molecule has 0 spiro atoms. The fourth-order valence-electron chi connectivity index (χ4n) is 3.95. The molecule has 0 saturated carbocycles. The minimum Gasteiger partial charge on any atom is -0.464 e. The Hall–Kier alpha value is -2.67. The first-order valence-corrected chi connectivity index (χ1v) is 13.4. The lowest BCUT2D eigenvalue weighted by Crippen LogP contribution is -2.49. The molecule has 8 nitrogen and oxygen atoms in total. The zero-order valence-electron chi connectivity index (χ0n) is 20.0. The Kier molecular flexibility index (Phi) is 8.89. The number of amides is 1. The van der Waals surface area contributed by atoms with Crippen LogP contribution in [0.25, 0.3) is 11.1 Å². The summed E-state index contributed by atoms with van der Waals surface area (Å²) >= 11 is 0. The monoisotopic (exact) mass is 489 g/mol. The molecule has 0 heterocycles. The van der Waals surface area contributed by atoms with Crippen LogP contribution in [0.3, 0.4) is 0 Å². The third-order valence-corrected chi connectivity index (χ3v) is 7.15. The first-order valence-electron chi connectivity index (χ1n) is 11.4. The van der Waals surface area contributed by atoms with E-state index < -0.39 is 31.8 Å². The molecule has 2 aromatic carbocycles. The van der Waals surface area contributed by atoms with Crippen molar-refractivity contribution < 1.29 is 32.7 Å². The van der Waals surface area contributed by atoms with Gasteiger partial charge in [-0.25, -0.2) is 9.59 Å². The highest BCUT2D eigenvalue weighted by Crippen LogP contribution is 2.45. The van der Waals surface area contributed by atoms with Crippen LogP contribution in [-0.4, -0.2) is 51.2 Å². The molecular formula is C25H32NO7P. The average Bonchev–Trinajstić information content (AvgIpc) is 3.14. The minimum absolute atomic E-state index is 0.0943. The van der Waals surface area contributed by atoms with E-state index in [0.29, 0.717) is 6.42 Å². The molecule has 3 atom stereocenters. The van der Waals surface area contributed by atoms with E-state index in [2.05, 4.69) is 17.4 Å². The minimum atomic E-state index is -3.40. The third kappa shape index (κ3) is 6.26. The zero-order chi connectivity index (χ0) is 24.7. The standard InChI is InChI=1S/C25H32NO7P/c1-5-6-15-31-24(27)23(17(2)33-34(4,29)30-3)26-25(28)32-16-22-20-13-9-7-11-18(20)19-12-8-10-14-21(19)22/h7-14,17,22-23H,5-6,15-16H2,1-4H3,(H,26,28). The van der Waals surface area contributed by atoms with Crippen molar-refractivity contribution in [1.82, 2.24) is 5.32 Å². The van der Waals surface area contributed by atoms with Crippen molar-refractivity contribution in [3.8, 4) is 11.1 Å². The van der Waals surface area contributed by atoms with Crippen LogP contribution in [0.5, 0.6) is 0 Å². The Morgan fingerprint density at radius 1 is 1.03 bits per heavy atom. The van der Waals surface area contributed by atoms with E-state index in [9.17, 15) is 14.2 Å². The molecule has 0 bridgehead atoms. The lowest BCUT2D eigenvalue weighted by molar-refractivity contribution is -0.148. The zero-order valence-corrected chi connectivity index (χ0v) is 20.9. The van der Waals surface area contributed by atoms with Gasteiger partial charge in [0.1, 0.15) is 6.61 Å². The molecular weight excluding hydrogens is 457 g/mol. The SMILES string of the molecule is CCCCOC(=O)C(NC(=O)OCC1c2ccccc2-c2ccccc21)C(C)OP(C)(=O)OC. The van der Waals surface area contributed by atoms with Gasteiger partial charge in [0, 0.05) is 19.7 Å². The summed E-state index contributed by atoms with van der Waals surface area (Å²) in [6, 6.07) is 14.8. The van der Waals surface area contributed by atoms with E-state index in [0.717, 1.165) is 28.7 Å². The van der Waals surface area contributed by atoms with Crippen LogP contribution in [0.4, 0.5) is 4.79 Å². The first kappa shape index (κ1) is 25.9. The second-order valence-electron chi connectivity index (χ2n) is 8.23. The molecule has 0 fully saturated rings. The molecule has 3 rings (SSSR count). The number of alkyl carbamates (subject to hydrolysis) is 1. The highest BCUT2D eigenvalue weighted by atomic mass is 31.2.